The quantitative estimate of drug-likeness (QED) is 0.915. The minimum Gasteiger partial charge on any atom is -0.496 e. The summed E-state index contributed by atoms with van der Waals surface area (Å²) in [6.07, 6.45) is 0. The molecule has 0 aliphatic rings. The van der Waals surface area contributed by atoms with Crippen molar-refractivity contribution < 1.29 is 14.6 Å². The lowest BCUT2D eigenvalue weighted by Gasteiger charge is -2.10. The van der Waals surface area contributed by atoms with E-state index in [1.54, 1.807) is 30.3 Å². The standard InChI is InChI=1S/C14H10Cl2O3/c1-19-13-5-3-9(14(17)18)6-10(13)8-2-4-11(15)12(16)7-8/h2-7H,1H3,(H,17,18). The van der Waals surface area contributed by atoms with Crippen LogP contribution >= 0.6 is 23.2 Å². The van der Waals surface area contributed by atoms with Crippen LogP contribution in [0.25, 0.3) is 11.1 Å². The van der Waals surface area contributed by atoms with Crippen LogP contribution in [0.3, 0.4) is 0 Å². The molecule has 98 valence electrons. The van der Waals surface area contributed by atoms with Gasteiger partial charge >= 0.3 is 5.97 Å². The maximum absolute atomic E-state index is 11.0. The lowest BCUT2D eigenvalue weighted by Crippen LogP contribution is -1.98. The first kappa shape index (κ1) is 13.7. The number of hydrogen-bond donors (Lipinski definition) is 1. The molecule has 0 heterocycles. The highest BCUT2D eigenvalue weighted by molar-refractivity contribution is 6.42. The van der Waals surface area contributed by atoms with Gasteiger partial charge in [-0.25, -0.2) is 4.79 Å². The zero-order valence-electron chi connectivity index (χ0n) is 9.98. The van der Waals surface area contributed by atoms with Crippen LogP contribution in [0.15, 0.2) is 36.4 Å². The summed E-state index contributed by atoms with van der Waals surface area (Å²) in [5.74, 6) is -0.424. The number of hydrogen-bond acceptors (Lipinski definition) is 2. The molecule has 5 heteroatoms. The average molecular weight is 297 g/mol. The Morgan fingerprint density at radius 2 is 1.84 bits per heavy atom. The van der Waals surface area contributed by atoms with Crippen molar-refractivity contribution in [2.24, 2.45) is 0 Å². The highest BCUT2D eigenvalue weighted by Crippen LogP contribution is 2.34. The Morgan fingerprint density at radius 1 is 1.11 bits per heavy atom. The number of halogens is 2. The molecule has 0 saturated heterocycles. The van der Waals surface area contributed by atoms with Gasteiger partial charge in [-0.15, -0.1) is 0 Å². The van der Waals surface area contributed by atoms with Crippen LogP contribution < -0.4 is 4.74 Å². The predicted molar refractivity (Wildman–Crippen MR) is 75.4 cm³/mol. The molecule has 0 fully saturated rings. The fourth-order valence-electron chi connectivity index (χ4n) is 1.73. The highest BCUT2D eigenvalue weighted by atomic mass is 35.5. The fourth-order valence-corrected chi connectivity index (χ4v) is 2.03. The second-order valence-electron chi connectivity index (χ2n) is 3.85. The van der Waals surface area contributed by atoms with E-state index in [1.807, 2.05) is 0 Å². The Labute approximate surface area is 120 Å². The zero-order valence-corrected chi connectivity index (χ0v) is 11.5. The third-order valence-corrected chi connectivity index (χ3v) is 3.42. The minimum atomic E-state index is -0.996. The van der Waals surface area contributed by atoms with E-state index in [-0.39, 0.29) is 5.56 Å². The molecule has 0 aliphatic carbocycles. The van der Waals surface area contributed by atoms with Crippen LogP contribution in [0.5, 0.6) is 5.75 Å². The van der Waals surface area contributed by atoms with E-state index in [9.17, 15) is 4.79 Å². The van der Waals surface area contributed by atoms with Gasteiger partial charge in [0.2, 0.25) is 0 Å². The van der Waals surface area contributed by atoms with Crippen molar-refractivity contribution in [1.82, 2.24) is 0 Å². The molecular formula is C14H10Cl2O3. The Kier molecular flexibility index (Phi) is 3.98. The molecule has 0 aliphatic heterocycles. The van der Waals surface area contributed by atoms with Crippen LogP contribution in [0.2, 0.25) is 10.0 Å². The Bertz CT molecular complexity index is 639. The van der Waals surface area contributed by atoms with Crippen molar-refractivity contribution in [2.45, 2.75) is 0 Å². The summed E-state index contributed by atoms with van der Waals surface area (Å²) in [7, 11) is 1.52. The van der Waals surface area contributed by atoms with E-state index < -0.39 is 5.97 Å². The van der Waals surface area contributed by atoms with Crippen molar-refractivity contribution in [3.05, 3.63) is 52.0 Å². The maximum atomic E-state index is 11.0. The van der Waals surface area contributed by atoms with E-state index in [2.05, 4.69) is 0 Å². The SMILES string of the molecule is COc1ccc(C(=O)O)cc1-c1ccc(Cl)c(Cl)c1. The number of carboxylic acids is 1. The van der Waals surface area contributed by atoms with E-state index in [1.165, 1.54) is 13.2 Å². The molecule has 2 rings (SSSR count). The van der Waals surface area contributed by atoms with Crippen molar-refractivity contribution in [2.75, 3.05) is 7.11 Å². The molecule has 0 radical (unpaired) electrons. The van der Waals surface area contributed by atoms with Crippen molar-refractivity contribution in [1.29, 1.82) is 0 Å². The van der Waals surface area contributed by atoms with Gasteiger partial charge in [0.05, 0.1) is 22.7 Å². The van der Waals surface area contributed by atoms with Gasteiger partial charge in [0.1, 0.15) is 5.75 Å². The number of ether oxygens (including phenoxy) is 1. The van der Waals surface area contributed by atoms with Crippen LogP contribution in [0.1, 0.15) is 10.4 Å². The van der Waals surface area contributed by atoms with Gasteiger partial charge in [-0.05, 0) is 35.9 Å². The third-order valence-electron chi connectivity index (χ3n) is 2.68. The van der Waals surface area contributed by atoms with Crippen molar-refractivity contribution in [3.8, 4) is 16.9 Å². The van der Waals surface area contributed by atoms with Crippen molar-refractivity contribution >= 4 is 29.2 Å². The van der Waals surface area contributed by atoms with Crippen LogP contribution in [-0.2, 0) is 0 Å². The van der Waals surface area contributed by atoms with Crippen LogP contribution in [0, 0.1) is 0 Å². The molecule has 0 aromatic heterocycles. The lowest BCUT2D eigenvalue weighted by atomic mass is 10.0. The van der Waals surface area contributed by atoms with Gasteiger partial charge < -0.3 is 9.84 Å². The number of methoxy groups -OCH3 is 1. The van der Waals surface area contributed by atoms with Crippen molar-refractivity contribution in [3.63, 3.8) is 0 Å². The van der Waals surface area contributed by atoms with Gasteiger partial charge in [-0.2, -0.15) is 0 Å². The lowest BCUT2D eigenvalue weighted by molar-refractivity contribution is 0.0697. The summed E-state index contributed by atoms with van der Waals surface area (Å²) in [5.41, 5.74) is 1.58. The summed E-state index contributed by atoms with van der Waals surface area (Å²) in [5, 5.41) is 9.88. The Morgan fingerprint density at radius 3 is 2.42 bits per heavy atom. The Hall–Kier alpha value is -1.71. The van der Waals surface area contributed by atoms with E-state index in [0.717, 1.165) is 5.56 Å². The molecular weight excluding hydrogens is 287 g/mol. The molecule has 3 nitrogen and oxygen atoms in total. The number of benzene rings is 2. The third kappa shape index (κ3) is 2.83. The summed E-state index contributed by atoms with van der Waals surface area (Å²) >= 11 is 11.8. The number of rotatable bonds is 3. The second kappa shape index (κ2) is 5.51. The van der Waals surface area contributed by atoms with Gasteiger partial charge in [0, 0.05) is 5.56 Å². The first-order valence-electron chi connectivity index (χ1n) is 5.39. The second-order valence-corrected chi connectivity index (χ2v) is 4.66. The summed E-state index contributed by atoms with van der Waals surface area (Å²) in [6.45, 7) is 0. The molecule has 0 unspecified atom stereocenters. The number of carboxylic acid groups (broad SMARTS) is 1. The van der Waals surface area contributed by atoms with Gasteiger partial charge in [0.15, 0.2) is 0 Å². The topological polar surface area (TPSA) is 46.5 Å². The van der Waals surface area contributed by atoms with Gasteiger partial charge in [-0.1, -0.05) is 29.3 Å². The van der Waals surface area contributed by atoms with Gasteiger partial charge in [-0.3, -0.25) is 0 Å². The maximum Gasteiger partial charge on any atom is 0.335 e. The van der Waals surface area contributed by atoms with Crippen LogP contribution in [-0.4, -0.2) is 18.2 Å². The monoisotopic (exact) mass is 296 g/mol. The molecule has 0 atom stereocenters. The summed E-state index contributed by atoms with van der Waals surface area (Å²) < 4.78 is 5.24. The minimum absolute atomic E-state index is 0.182. The number of carbonyl (C=O) groups is 1. The molecule has 0 bridgehead atoms. The fraction of sp³-hybridized carbons (Fsp3) is 0.0714. The normalized spacial score (nSPS) is 10.3. The molecule has 2 aromatic carbocycles. The molecule has 0 amide bonds. The predicted octanol–water partition coefficient (Wildman–Crippen LogP) is 4.37. The average Bonchev–Trinajstić information content (AvgIpc) is 2.41. The summed E-state index contributed by atoms with van der Waals surface area (Å²) in [4.78, 5) is 11.0. The molecule has 0 spiro atoms. The first-order valence-corrected chi connectivity index (χ1v) is 6.15. The highest BCUT2D eigenvalue weighted by Gasteiger charge is 2.11. The van der Waals surface area contributed by atoms with Gasteiger partial charge in [0.25, 0.3) is 0 Å². The van der Waals surface area contributed by atoms with E-state index in [0.29, 0.717) is 21.4 Å². The summed E-state index contributed by atoms with van der Waals surface area (Å²) in [6, 6.07) is 9.74. The number of aromatic carboxylic acids is 1. The largest absolute Gasteiger partial charge is 0.496 e. The Balaban J connectivity index is 2.61. The van der Waals surface area contributed by atoms with E-state index >= 15 is 0 Å². The molecule has 19 heavy (non-hydrogen) atoms. The van der Waals surface area contributed by atoms with E-state index in [4.69, 9.17) is 33.0 Å². The first-order chi connectivity index (χ1) is 9.02. The zero-order chi connectivity index (χ0) is 14.0. The smallest absolute Gasteiger partial charge is 0.335 e. The molecule has 0 saturated carbocycles. The molecule has 2 aromatic rings. The van der Waals surface area contributed by atoms with Crippen LogP contribution in [0.4, 0.5) is 0 Å². The molecule has 1 N–H and O–H groups in total.